The first kappa shape index (κ1) is 9.29. The van der Waals surface area contributed by atoms with Gasteiger partial charge < -0.3 is 9.84 Å². The molecule has 5 nitrogen and oxygen atoms in total. The van der Waals surface area contributed by atoms with Crippen LogP contribution in [0.25, 0.3) is 10.7 Å². The van der Waals surface area contributed by atoms with Crippen molar-refractivity contribution in [2.75, 3.05) is 6.54 Å². The van der Waals surface area contributed by atoms with Crippen LogP contribution >= 0.6 is 11.3 Å². The topological polar surface area (TPSA) is 63.8 Å². The van der Waals surface area contributed by atoms with Crippen LogP contribution in [0.1, 0.15) is 12.8 Å². The summed E-state index contributed by atoms with van der Waals surface area (Å²) in [6, 6.07) is 0. The van der Waals surface area contributed by atoms with Crippen LogP contribution in [0.2, 0.25) is 0 Å². The molecule has 2 aromatic rings. The third-order valence-corrected chi connectivity index (χ3v) is 2.42. The summed E-state index contributed by atoms with van der Waals surface area (Å²) < 4.78 is 5.05. The largest absolute Gasteiger partial charge is 0.338 e. The minimum atomic E-state index is 0.607. The molecule has 0 bridgehead atoms. The van der Waals surface area contributed by atoms with E-state index in [4.69, 9.17) is 4.52 Å². The molecule has 0 unspecified atom stereocenters. The second kappa shape index (κ2) is 4.30. The van der Waals surface area contributed by atoms with E-state index in [-0.39, 0.29) is 0 Å². The molecule has 0 aliphatic heterocycles. The van der Waals surface area contributed by atoms with Crippen molar-refractivity contribution in [2.24, 2.45) is 0 Å². The molecule has 0 amide bonds. The van der Waals surface area contributed by atoms with E-state index >= 15 is 0 Å². The minimum absolute atomic E-state index is 0.607. The Hall–Kier alpha value is -1.27. The van der Waals surface area contributed by atoms with Gasteiger partial charge in [0.15, 0.2) is 0 Å². The predicted octanol–water partition coefficient (Wildman–Crippen LogP) is 1.30. The van der Waals surface area contributed by atoms with E-state index in [0.29, 0.717) is 18.3 Å². The Morgan fingerprint density at radius 2 is 2.50 bits per heavy atom. The van der Waals surface area contributed by atoms with Crippen LogP contribution in [0.5, 0.6) is 0 Å². The third-order valence-electron chi connectivity index (χ3n) is 1.65. The summed E-state index contributed by atoms with van der Waals surface area (Å²) in [4.78, 5) is 9.10. The highest BCUT2D eigenvalue weighted by Crippen LogP contribution is 2.19. The van der Waals surface area contributed by atoms with Crippen molar-refractivity contribution in [2.45, 2.75) is 13.5 Å². The Bertz CT molecular complexity index is 384. The molecule has 0 radical (unpaired) electrons. The molecule has 0 saturated heterocycles. The van der Waals surface area contributed by atoms with Gasteiger partial charge in [-0.3, -0.25) is 4.98 Å². The number of thiazole rings is 1. The van der Waals surface area contributed by atoms with Crippen molar-refractivity contribution in [3.05, 3.63) is 17.6 Å². The lowest BCUT2D eigenvalue weighted by molar-refractivity contribution is 0.369. The summed E-state index contributed by atoms with van der Waals surface area (Å²) in [5, 5.41) is 6.97. The standard InChI is InChI=1S/C8H10N4OS/c1-2-9-4-7-11-8(12-13-7)6-3-10-5-14-6/h3,5,9H,2,4H2,1H3. The highest BCUT2D eigenvalue weighted by atomic mass is 32.1. The molecule has 1 N–H and O–H groups in total. The van der Waals surface area contributed by atoms with Crippen LogP contribution in [-0.2, 0) is 6.54 Å². The summed E-state index contributed by atoms with van der Waals surface area (Å²) in [6.45, 7) is 3.53. The lowest BCUT2D eigenvalue weighted by Gasteiger charge is -1.91. The van der Waals surface area contributed by atoms with E-state index in [1.165, 1.54) is 11.3 Å². The molecular formula is C8H10N4OS. The Labute approximate surface area is 85.2 Å². The monoisotopic (exact) mass is 210 g/mol. The van der Waals surface area contributed by atoms with Crippen LogP contribution in [0.4, 0.5) is 0 Å². The average Bonchev–Trinajstić information content (AvgIpc) is 2.85. The fourth-order valence-corrected chi connectivity index (χ4v) is 1.53. The van der Waals surface area contributed by atoms with Crippen molar-refractivity contribution < 1.29 is 4.52 Å². The quantitative estimate of drug-likeness (QED) is 0.824. The maximum atomic E-state index is 5.05. The molecule has 2 aromatic heterocycles. The maximum absolute atomic E-state index is 5.05. The zero-order valence-corrected chi connectivity index (χ0v) is 8.54. The summed E-state index contributed by atoms with van der Waals surface area (Å²) in [5.74, 6) is 1.22. The van der Waals surface area contributed by atoms with Gasteiger partial charge in [0.05, 0.1) is 16.9 Å². The Kier molecular flexibility index (Phi) is 2.85. The molecule has 0 aromatic carbocycles. The minimum Gasteiger partial charge on any atom is -0.338 e. The van der Waals surface area contributed by atoms with Gasteiger partial charge in [-0.2, -0.15) is 4.98 Å². The highest BCUT2D eigenvalue weighted by molar-refractivity contribution is 7.13. The average molecular weight is 210 g/mol. The maximum Gasteiger partial charge on any atom is 0.240 e. The molecule has 74 valence electrons. The number of rotatable bonds is 4. The van der Waals surface area contributed by atoms with Gasteiger partial charge >= 0.3 is 0 Å². The summed E-state index contributed by atoms with van der Waals surface area (Å²) in [6.07, 6.45) is 1.73. The summed E-state index contributed by atoms with van der Waals surface area (Å²) in [7, 11) is 0. The molecule has 2 rings (SSSR count). The van der Waals surface area contributed by atoms with Crippen LogP contribution in [-0.4, -0.2) is 21.7 Å². The number of nitrogens with zero attached hydrogens (tertiary/aromatic N) is 3. The number of hydrogen-bond donors (Lipinski definition) is 1. The van der Waals surface area contributed by atoms with E-state index in [1.807, 2.05) is 6.92 Å². The van der Waals surface area contributed by atoms with Crippen molar-refractivity contribution in [1.82, 2.24) is 20.4 Å². The lowest BCUT2D eigenvalue weighted by Crippen LogP contribution is -2.11. The van der Waals surface area contributed by atoms with Crippen LogP contribution in [0.3, 0.4) is 0 Å². The van der Waals surface area contributed by atoms with Gasteiger partial charge in [0.2, 0.25) is 11.7 Å². The molecule has 0 aliphatic carbocycles. The first-order valence-corrected chi connectivity index (χ1v) is 5.20. The van der Waals surface area contributed by atoms with Crippen LogP contribution in [0, 0.1) is 0 Å². The summed E-state index contributed by atoms with van der Waals surface area (Å²) in [5.41, 5.74) is 1.75. The van der Waals surface area contributed by atoms with Crippen molar-refractivity contribution in [3.63, 3.8) is 0 Å². The molecule has 2 heterocycles. The number of nitrogens with one attached hydrogen (secondary N) is 1. The van der Waals surface area contributed by atoms with Crippen molar-refractivity contribution in [1.29, 1.82) is 0 Å². The van der Waals surface area contributed by atoms with Gasteiger partial charge in [0.25, 0.3) is 0 Å². The number of aromatic nitrogens is 3. The molecule has 0 atom stereocenters. The van der Waals surface area contributed by atoms with Gasteiger partial charge in [-0.1, -0.05) is 12.1 Å². The smallest absolute Gasteiger partial charge is 0.240 e. The molecule has 6 heteroatoms. The van der Waals surface area contributed by atoms with Gasteiger partial charge in [-0.05, 0) is 6.54 Å². The van der Waals surface area contributed by atoms with Crippen LogP contribution < -0.4 is 5.32 Å². The van der Waals surface area contributed by atoms with Gasteiger partial charge in [0, 0.05) is 6.20 Å². The van der Waals surface area contributed by atoms with Crippen LogP contribution in [0.15, 0.2) is 16.2 Å². The predicted molar refractivity (Wildman–Crippen MR) is 52.8 cm³/mol. The molecule has 0 saturated carbocycles. The second-order valence-corrected chi connectivity index (χ2v) is 3.54. The van der Waals surface area contributed by atoms with Gasteiger partial charge in [-0.25, -0.2) is 0 Å². The third kappa shape index (κ3) is 1.97. The van der Waals surface area contributed by atoms with E-state index in [2.05, 4.69) is 20.4 Å². The molecule has 0 fully saturated rings. The lowest BCUT2D eigenvalue weighted by atomic mass is 10.5. The Morgan fingerprint density at radius 3 is 3.21 bits per heavy atom. The fourth-order valence-electron chi connectivity index (χ4n) is 0.985. The number of hydrogen-bond acceptors (Lipinski definition) is 6. The zero-order valence-electron chi connectivity index (χ0n) is 7.73. The zero-order chi connectivity index (χ0) is 9.80. The molecule has 14 heavy (non-hydrogen) atoms. The second-order valence-electron chi connectivity index (χ2n) is 2.66. The fraction of sp³-hybridized carbons (Fsp3) is 0.375. The SMILES string of the molecule is CCNCc1nc(-c2cncs2)no1. The first-order chi connectivity index (χ1) is 6.90. The highest BCUT2D eigenvalue weighted by Gasteiger charge is 2.08. The van der Waals surface area contributed by atoms with E-state index in [0.717, 1.165) is 11.4 Å². The Balaban J connectivity index is 2.10. The summed E-state index contributed by atoms with van der Waals surface area (Å²) >= 11 is 1.50. The van der Waals surface area contributed by atoms with Crippen molar-refractivity contribution >= 4 is 11.3 Å². The van der Waals surface area contributed by atoms with E-state index in [1.54, 1.807) is 11.7 Å². The van der Waals surface area contributed by atoms with E-state index in [9.17, 15) is 0 Å². The Morgan fingerprint density at radius 1 is 1.57 bits per heavy atom. The van der Waals surface area contributed by atoms with Gasteiger partial charge in [-0.15, -0.1) is 11.3 Å². The van der Waals surface area contributed by atoms with Gasteiger partial charge in [0.1, 0.15) is 0 Å². The first-order valence-electron chi connectivity index (χ1n) is 4.32. The van der Waals surface area contributed by atoms with Crippen molar-refractivity contribution in [3.8, 4) is 10.7 Å². The molecular weight excluding hydrogens is 200 g/mol. The normalized spacial score (nSPS) is 10.6. The molecule has 0 spiro atoms. The van der Waals surface area contributed by atoms with E-state index < -0.39 is 0 Å². The molecule has 0 aliphatic rings.